The van der Waals surface area contributed by atoms with E-state index in [0.29, 0.717) is 13.0 Å². The number of piperidine rings is 1. The number of hydrogen-bond donors (Lipinski definition) is 1. The third-order valence-corrected chi connectivity index (χ3v) is 3.76. The van der Waals surface area contributed by atoms with Crippen LogP contribution in [0, 0.1) is 0 Å². The molecule has 1 atom stereocenters. The van der Waals surface area contributed by atoms with E-state index >= 15 is 0 Å². The van der Waals surface area contributed by atoms with Crippen LogP contribution < -0.4 is 5.32 Å². The predicted octanol–water partition coefficient (Wildman–Crippen LogP) is 2.83. The molecule has 126 valence electrons. The molecule has 1 unspecified atom stereocenters. The van der Waals surface area contributed by atoms with Gasteiger partial charge < -0.3 is 10.2 Å². The maximum absolute atomic E-state index is 12.6. The highest BCUT2D eigenvalue weighted by Gasteiger charge is 2.32. The van der Waals surface area contributed by atoms with Gasteiger partial charge in [0.2, 0.25) is 11.8 Å². The molecule has 1 aliphatic heterocycles. The van der Waals surface area contributed by atoms with Crippen LogP contribution in [0.5, 0.6) is 0 Å². The summed E-state index contributed by atoms with van der Waals surface area (Å²) in [5.41, 5.74) is -1.06. The summed E-state index contributed by atoms with van der Waals surface area (Å²) in [5, 5.41) is 2.37. The highest BCUT2D eigenvalue weighted by molar-refractivity contribution is 5.90. The Balaban J connectivity index is 2.00. The van der Waals surface area contributed by atoms with Crippen LogP contribution >= 0.6 is 0 Å². The van der Waals surface area contributed by atoms with E-state index in [-0.39, 0.29) is 24.2 Å². The van der Waals surface area contributed by atoms with Gasteiger partial charge >= 0.3 is 6.18 Å². The third-order valence-electron chi connectivity index (χ3n) is 3.76. The molecule has 0 bridgehead atoms. The molecule has 1 aliphatic rings. The molecule has 2 rings (SSSR count). The lowest BCUT2D eigenvalue weighted by atomic mass is 9.99. The highest BCUT2D eigenvalue weighted by atomic mass is 19.4. The second kappa shape index (κ2) is 6.97. The molecule has 2 heterocycles. The van der Waals surface area contributed by atoms with Crippen molar-refractivity contribution in [2.75, 3.05) is 11.9 Å². The Morgan fingerprint density at radius 2 is 2.09 bits per heavy atom. The Kier molecular flexibility index (Phi) is 5.23. The van der Waals surface area contributed by atoms with Crippen LogP contribution in [0.3, 0.4) is 0 Å². The van der Waals surface area contributed by atoms with Crippen molar-refractivity contribution in [1.29, 1.82) is 0 Å². The van der Waals surface area contributed by atoms with Gasteiger partial charge in [-0.05, 0) is 31.4 Å². The maximum atomic E-state index is 12.6. The van der Waals surface area contributed by atoms with Crippen LogP contribution in [0.25, 0.3) is 0 Å². The van der Waals surface area contributed by atoms with Gasteiger partial charge in [-0.15, -0.1) is 0 Å². The molecule has 2 amide bonds. The first-order valence-electron chi connectivity index (χ1n) is 7.38. The van der Waals surface area contributed by atoms with Crippen LogP contribution in [0.15, 0.2) is 18.2 Å². The molecular formula is C15H18F3N3O2. The summed E-state index contributed by atoms with van der Waals surface area (Å²) in [7, 11) is 0. The summed E-state index contributed by atoms with van der Waals surface area (Å²) in [6, 6.07) is 3.12. The SMILES string of the molecule is CC(=O)N1CCCCC1CC(=O)Nc1cccc(C(F)(F)F)n1. The van der Waals surface area contributed by atoms with E-state index in [1.165, 1.54) is 19.1 Å². The first kappa shape index (κ1) is 17.2. The Labute approximate surface area is 131 Å². The molecule has 1 N–H and O–H groups in total. The van der Waals surface area contributed by atoms with E-state index in [4.69, 9.17) is 0 Å². The minimum absolute atomic E-state index is 0.0531. The van der Waals surface area contributed by atoms with Gasteiger partial charge in [-0.3, -0.25) is 9.59 Å². The van der Waals surface area contributed by atoms with E-state index in [2.05, 4.69) is 10.3 Å². The zero-order valence-electron chi connectivity index (χ0n) is 12.7. The first-order valence-corrected chi connectivity index (χ1v) is 7.38. The molecule has 1 aromatic rings. The molecule has 5 nitrogen and oxygen atoms in total. The lowest BCUT2D eigenvalue weighted by Crippen LogP contribution is -2.44. The zero-order chi connectivity index (χ0) is 17.0. The molecule has 0 aromatic carbocycles. The minimum atomic E-state index is -4.56. The van der Waals surface area contributed by atoms with Gasteiger partial charge in [0, 0.05) is 25.9 Å². The average molecular weight is 329 g/mol. The van der Waals surface area contributed by atoms with E-state index in [9.17, 15) is 22.8 Å². The van der Waals surface area contributed by atoms with Gasteiger partial charge in [-0.25, -0.2) is 4.98 Å². The summed E-state index contributed by atoms with van der Waals surface area (Å²) < 4.78 is 37.8. The van der Waals surface area contributed by atoms with Gasteiger partial charge in [-0.1, -0.05) is 6.07 Å². The number of likely N-dealkylation sites (tertiary alicyclic amines) is 1. The van der Waals surface area contributed by atoms with E-state index in [1.807, 2.05) is 0 Å². The van der Waals surface area contributed by atoms with Crippen LogP contribution in [-0.4, -0.2) is 34.3 Å². The molecule has 0 radical (unpaired) electrons. The Morgan fingerprint density at radius 1 is 1.35 bits per heavy atom. The van der Waals surface area contributed by atoms with E-state index in [0.717, 1.165) is 18.9 Å². The number of aromatic nitrogens is 1. The monoisotopic (exact) mass is 329 g/mol. The summed E-state index contributed by atoms with van der Waals surface area (Å²) in [4.78, 5) is 28.6. The van der Waals surface area contributed by atoms with Crippen molar-refractivity contribution < 1.29 is 22.8 Å². The molecule has 0 saturated carbocycles. The van der Waals surface area contributed by atoms with Crippen molar-refractivity contribution in [3.05, 3.63) is 23.9 Å². The second-order valence-electron chi connectivity index (χ2n) is 5.52. The van der Waals surface area contributed by atoms with Crippen LogP contribution in [0.2, 0.25) is 0 Å². The van der Waals surface area contributed by atoms with Crippen molar-refractivity contribution in [2.45, 2.75) is 44.8 Å². The molecule has 0 aliphatic carbocycles. The lowest BCUT2D eigenvalue weighted by molar-refractivity contribution is -0.141. The van der Waals surface area contributed by atoms with E-state index in [1.54, 1.807) is 4.90 Å². The number of amides is 2. The summed E-state index contributed by atoms with van der Waals surface area (Å²) in [5.74, 6) is -0.690. The Morgan fingerprint density at radius 3 is 2.74 bits per heavy atom. The van der Waals surface area contributed by atoms with E-state index < -0.39 is 17.8 Å². The fourth-order valence-corrected chi connectivity index (χ4v) is 2.70. The van der Waals surface area contributed by atoms with Gasteiger partial charge in [0.05, 0.1) is 0 Å². The fraction of sp³-hybridized carbons (Fsp3) is 0.533. The number of hydrogen-bond acceptors (Lipinski definition) is 3. The third kappa shape index (κ3) is 4.67. The summed E-state index contributed by atoms with van der Waals surface area (Å²) in [6.45, 7) is 2.06. The summed E-state index contributed by atoms with van der Waals surface area (Å²) in [6.07, 6.45) is -1.98. The fourth-order valence-electron chi connectivity index (χ4n) is 2.70. The van der Waals surface area contributed by atoms with Crippen LogP contribution in [-0.2, 0) is 15.8 Å². The number of pyridine rings is 1. The molecular weight excluding hydrogens is 311 g/mol. The van der Waals surface area contributed by atoms with Crippen molar-refractivity contribution in [3.8, 4) is 0 Å². The average Bonchev–Trinajstić information content (AvgIpc) is 2.46. The van der Waals surface area contributed by atoms with Gasteiger partial charge in [0.25, 0.3) is 0 Å². The number of carbonyl (C=O) groups excluding carboxylic acids is 2. The minimum Gasteiger partial charge on any atom is -0.339 e. The standard InChI is InChI=1S/C15H18F3N3O2/c1-10(22)21-8-3-2-5-11(21)9-14(23)20-13-7-4-6-12(19-13)15(16,17)18/h4,6-7,11H,2-3,5,8-9H2,1H3,(H,19,20,23). The molecule has 23 heavy (non-hydrogen) atoms. The number of carbonyl (C=O) groups is 2. The zero-order valence-corrected chi connectivity index (χ0v) is 12.7. The normalized spacial score (nSPS) is 18.6. The number of anilines is 1. The number of nitrogens with one attached hydrogen (secondary N) is 1. The first-order chi connectivity index (χ1) is 10.8. The van der Waals surface area contributed by atoms with Crippen LogP contribution in [0.4, 0.5) is 19.0 Å². The highest BCUT2D eigenvalue weighted by Crippen LogP contribution is 2.28. The second-order valence-corrected chi connectivity index (χ2v) is 5.52. The Hall–Kier alpha value is -2.12. The van der Waals surface area contributed by atoms with Gasteiger partial charge in [-0.2, -0.15) is 13.2 Å². The molecule has 1 aromatic heterocycles. The maximum Gasteiger partial charge on any atom is 0.433 e. The van der Waals surface area contributed by atoms with Gasteiger partial charge in [0.15, 0.2) is 0 Å². The van der Waals surface area contributed by atoms with Crippen molar-refractivity contribution >= 4 is 17.6 Å². The largest absolute Gasteiger partial charge is 0.433 e. The van der Waals surface area contributed by atoms with Crippen molar-refractivity contribution in [3.63, 3.8) is 0 Å². The number of rotatable bonds is 3. The molecule has 1 fully saturated rings. The molecule has 8 heteroatoms. The van der Waals surface area contributed by atoms with Crippen LogP contribution in [0.1, 0.15) is 38.3 Å². The topological polar surface area (TPSA) is 62.3 Å². The van der Waals surface area contributed by atoms with Crippen molar-refractivity contribution in [1.82, 2.24) is 9.88 Å². The summed E-state index contributed by atoms with van der Waals surface area (Å²) >= 11 is 0. The number of alkyl halides is 3. The number of nitrogens with zero attached hydrogens (tertiary/aromatic N) is 2. The smallest absolute Gasteiger partial charge is 0.339 e. The predicted molar refractivity (Wildman–Crippen MR) is 77.5 cm³/mol. The van der Waals surface area contributed by atoms with Gasteiger partial charge in [0.1, 0.15) is 11.5 Å². The quantitative estimate of drug-likeness (QED) is 0.927. The van der Waals surface area contributed by atoms with Crippen molar-refractivity contribution in [2.24, 2.45) is 0 Å². The lowest BCUT2D eigenvalue weighted by Gasteiger charge is -2.34. The molecule has 1 saturated heterocycles. The molecule has 0 spiro atoms. The number of halogens is 3. The Bertz CT molecular complexity index is 590.